The molecule has 2 saturated heterocycles. The number of imidazole rings is 1. The maximum absolute atomic E-state index is 13.9. The minimum atomic E-state index is -4.19. The van der Waals surface area contributed by atoms with E-state index in [1.807, 2.05) is 0 Å². The van der Waals surface area contributed by atoms with Gasteiger partial charge >= 0.3 is 13.7 Å². The fourth-order valence-corrected chi connectivity index (χ4v) is 5.87. The lowest BCUT2D eigenvalue weighted by atomic mass is 10.0. The van der Waals surface area contributed by atoms with E-state index >= 15 is 0 Å². The molecule has 14 nitrogen and oxygen atoms in total. The number of para-hydroxylation sites is 1. The first kappa shape index (κ1) is 26.5. The zero-order chi connectivity index (χ0) is 27.1. The lowest BCUT2D eigenvalue weighted by molar-refractivity contribution is -0.183. The molecule has 2 aliphatic heterocycles. The summed E-state index contributed by atoms with van der Waals surface area (Å²) in [6, 6.07) is 7.33. The van der Waals surface area contributed by atoms with Gasteiger partial charge in [0.1, 0.15) is 41.4 Å². The third-order valence-electron chi connectivity index (χ3n) is 6.17. The summed E-state index contributed by atoms with van der Waals surface area (Å²) < 4.78 is 44.2. The summed E-state index contributed by atoms with van der Waals surface area (Å²) in [4.78, 5) is 24.8. The molecule has 2 aliphatic rings. The lowest BCUT2D eigenvalue weighted by Gasteiger charge is -2.32. The second kappa shape index (κ2) is 10.2. The van der Waals surface area contributed by atoms with Crippen LogP contribution in [0.5, 0.6) is 5.75 Å². The van der Waals surface area contributed by atoms with Crippen molar-refractivity contribution in [3.63, 3.8) is 0 Å². The Morgan fingerprint density at radius 3 is 2.79 bits per heavy atom. The normalized spacial score (nSPS) is 26.9. The van der Waals surface area contributed by atoms with E-state index in [-0.39, 0.29) is 30.9 Å². The number of esters is 1. The molecule has 4 heterocycles. The van der Waals surface area contributed by atoms with Gasteiger partial charge in [0.25, 0.3) is 0 Å². The van der Waals surface area contributed by atoms with Gasteiger partial charge in [-0.3, -0.25) is 13.9 Å². The number of ether oxygens (including phenoxy) is 3. The Kier molecular flexibility index (Phi) is 7.11. The van der Waals surface area contributed by atoms with Gasteiger partial charge in [-0.2, -0.15) is 5.09 Å². The molecular weight excluding hydrogens is 519 g/mol. The predicted molar refractivity (Wildman–Crippen MR) is 133 cm³/mol. The van der Waals surface area contributed by atoms with Crippen molar-refractivity contribution >= 4 is 30.7 Å². The number of aliphatic hydroxyl groups is 1. The smallest absolute Gasteiger partial charge is 0.459 e. The average molecular weight is 548 g/mol. The van der Waals surface area contributed by atoms with Crippen molar-refractivity contribution in [3.8, 4) is 5.75 Å². The van der Waals surface area contributed by atoms with Gasteiger partial charge in [-0.15, -0.1) is 0 Å². The monoisotopic (exact) mass is 548 g/mol. The number of aliphatic hydroxyl groups excluding tert-OH is 1. The van der Waals surface area contributed by atoms with E-state index in [4.69, 9.17) is 29.0 Å². The van der Waals surface area contributed by atoms with E-state index in [1.54, 1.807) is 48.7 Å². The molecule has 0 spiro atoms. The van der Waals surface area contributed by atoms with E-state index in [1.165, 1.54) is 19.6 Å². The van der Waals surface area contributed by atoms with Crippen LogP contribution in [0.4, 0.5) is 5.82 Å². The third-order valence-corrected chi connectivity index (χ3v) is 7.80. The van der Waals surface area contributed by atoms with Crippen molar-refractivity contribution in [1.82, 2.24) is 24.6 Å². The quantitative estimate of drug-likeness (QED) is 0.245. The van der Waals surface area contributed by atoms with Crippen molar-refractivity contribution in [2.45, 2.75) is 57.0 Å². The minimum Gasteiger partial charge on any atom is -0.462 e. The van der Waals surface area contributed by atoms with Crippen LogP contribution in [0.25, 0.3) is 11.2 Å². The van der Waals surface area contributed by atoms with Gasteiger partial charge in [0.05, 0.1) is 25.6 Å². The predicted octanol–water partition coefficient (Wildman–Crippen LogP) is 1.57. The number of benzene rings is 1. The van der Waals surface area contributed by atoms with E-state index in [2.05, 4.69) is 20.0 Å². The summed E-state index contributed by atoms with van der Waals surface area (Å²) in [6.07, 6.45) is -0.338. The van der Waals surface area contributed by atoms with Crippen LogP contribution in [0.3, 0.4) is 0 Å². The molecule has 2 aromatic heterocycles. The number of nitrogens with zero attached hydrogens (tertiary/aromatic N) is 4. The Balaban J connectivity index is 1.36. The van der Waals surface area contributed by atoms with Gasteiger partial charge < -0.3 is 29.6 Å². The minimum absolute atomic E-state index is 0.0324. The molecule has 5 rings (SSSR count). The second-order valence-corrected chi connectivity index (χ2v) is 11.1. The van der Waals surface area contributed by atoms with Crippen LogP contribution < -0.4 is 15.3 Å². The standard InChI is InChI=1S/C23H29N6O8P/c1-13(2)35-22(31)14(3)28-38(32,37-15-7-5-4-6-8-15)34-10-23-9-33-17(18(23)30)21(36-23)29-12-27-16-19(24)25-11-26-20(16)29/h4-8,11-14,17-18,21,30H,9-10H2,1-3H3,(H,28,32)(H2,24,25,26)/t14-,17+,18-,21?,23?,38?/m0/s1. The summed E-state index contributed by atoms with van der Waals surface area (Å²) >= 11 is 0. The maximum Gasteiger partial charge on any atom is 0.459 e. The summed E-state index contributed by atoms with van der Waals surface area (Å²) in [5.41, 5.74) is 5.29. The molecule has 38 heavy (non-hydrogen) atoms. The molecule has 1 aromatic carbocycles. The number of nitrogens with one attached hydrogen (secondary N) is 1. The summed E-state index contributed by atoms with van der Waals surface area (Å²) in [6.45, 7) is 4.48. The first-order valence-electron chi connectivity index (χ1n) is 12.0. The molecule has 4 N–H and O–H groups in total. The second-order valence-electron chi connectivity index (χ2n) is 9.39. The number of anilines is 1. The lowest BCUT2D eigenvalue weighted by Crippen LogP contribution is -2.46. The average Bonchev–Trinajstić information content (AvgIpc) is 3.53. The SMILES string of the molecule is CC(C)OC(=O)[C@H](C)NP(=O)(OCC12CO[C@@H](C(n3cnc4c(N)ncnc43)O1)[C@@H]2O)Oc1ccccc1. The number of fused-ring (bicyclic) bond motifs is 3. The number of aromatic nitrogens is 4. The highest BCUT2D eigenvalue weighted by atomic mass is 31.2. The number of carbonyl (C=O) groups excluding carboxylic acids is 1. The fourth-order valence-electron chi connectivity index (χ4n) is 4.32. The Bertz CT molecular complexity index is 1360. The van der Waals surface area contributed by atoms with Crippen molar-refractivity contribution in [1.29, 1.82) is 0 Å². The fraction of sp³-hybridized carbons (Fsp3) is 0.478. The Hall–Kier alpha value is -3.13. The van der Waals surface area contributed by atoms with E-state index in [9.17, 15) is 14.5 Å². The highest BCUT2D eigenvalue weighted by molar-refractivity contribution is 7.52. The van der Waals surface area contributed by atoms with E-state index in [0.29, 0.717) is 11.2 Å². The molecule has 0 aliphatic carbocycles. The molecule has 0 amide bonds. The highest BCUT2D eigenvalue weighted by Gasteiger charge is 2.63. The van der Waals surface area contributed by atoms with Gasteiger partial charge in [-0.1, -0.05) is 18.2 Å². The highest BCUT2D eigenvalue weighted by Crippen LogP contribution is 2.50. The summed E-state index contributed by atoms with van der Waals surface area (Å²) in [7, 11) is -4.19. The van der Waals surface area contributed by atoms with Crippen molar-refractivity contribution < 1.29 is 37.7 Å². The molecule has 2 fully saturated rings. The first-order chi connectivity index (χ1) is 18.1. The van der Waals surface area contributed by atoms with Crippen LogP contribution in [0, 0.1) is 0 Å². The molecule has 6 atom stereocenters. The number of nitrogen functional groups attached to an aromatic ring is 1. The largest absolute Gasteiger partial charge is 0.462 e. The first-order valence-corrected chi connectivity index (χ1v) is 13.5. The maximum atomic E-state index is 13.9. The van der Waals surface area contributed by atoms with Crippen LogP contribution in [0.2, 0.25) is 0 Å². The Morgan fingerprint density at radius 1 is 1.29 bits per heavy atom. The number of hydrogen-bond donors (Lipinski definition) is 3. The van der Waals surface area contributed by atoms with Crippen LogP contribution >= 0.6 is 7.75 Å². The molecular formula is C23H29N6O8P. The molecule has 0 saturated carbocycles. The number of hydrogen-bond acceptors (Lipinski definition) is 12. The number of rotatable bonds is 10. The topological polar surface area (TPSA) is 182 Å². The molecule has 0 radical (unpaired) electrons. The molecule has 15 heteroatoms. The van der Waals surface area contributed by atoms with Crippen molar-refractivity contribution in [3.05, 3.63) is 43.0 Å². The van der Waals surface area contributed by atoms with Gasteiger partial charge in [0.15, 0.2) is 17.7 Å². The summed E-state index contributed by atoms with van der Waals surface area (Å²) in [5, 5.41) is 13.7. The molecule has 2 bridgehead atoms. The molecule has 204 valence electrons. The van der Waals surface area contributed by atoms with E-state index < -0.39 is 43.8 Å². The number of carbonyl (C=O) groups is 1. The van der Waals surface area contributed by atoms with Crippen LogP contribution in [-0.4, -0.2) is 73.8 Å². The van der Waals surface area contributed by atoms with Gasteiger partial charge in [0, 0.05) is 0 Å². The van der Waals surface area contributed by atoms with Crippen LogP contribution in [0.15, 0.2) is 43.0 Å². The number of nitrogens with two attached hydrogens (primary N) is 1. The summed E-state index contributed by atoms with van der Waals surface area (Å²) in [5.74, 6) is -0.182. The van der Waals surface area contributed by atoms with Crippen LogP contribution in [-0.2, 0) is 28.1 Å². The van der Waals surface area contributed by atoms with Gasteiger partial charge in [0.2, 0.25) is 0 Å². The van der Waals surface area contributed by atoms with Crippen molar-refractivity contribution in [2.24, 2.45) is 0 Å². The zero-order valence-corrected chi connectivity index (χ0v) is 21.9. The molecule has 3 unspecified atom stereocenters. The zero-order valence-electron chi connectivity index (χ0n) is 21.0. The van der Waals surface area contributed by atoms with Gasteiger partial charge in [-0.05, 0) is 32.9 Å². The van der Waals surface area contributed by atoms with Crippen LogP contribution in [0.1, 0.15) is 27.0 Å². The van der Waals surface area contributed by atoms with E-state index in [0.717, 1.165) is 0 Å². The Morgan fingerprint density at radius 2 is 2.05 bits per heavy atom. The van der Waals surface area contributed by atoms with Gasteiger partial charge in [-0.25, -0.2) is 19.5 Å². The van der Waals surface area contributed by atoms with Crippen molar-refractivity contribution in [2.75, 3.05) is 18.9 Å². The molecule has 3 aromatic rings. The Labute approximate surface area is 218 Å². The third kappa shape index (κ3) is 4.98.